The molecule has 194 valence electrons. The molecule has 3 nitrogen and oxygen atoms in total. The second-order valence-corrected chi connectivity index (χ2v) is 6.86. The summed E-state index contributed by atoms with van der Waals surface area (Å²) in [7, 11) is -7.25. The van der Waals surface area contributed by atoms with Crippen molar-refractivity contribution in [3.05, 3.63) is 0 Å². The maximum atomic E-state index is 13.5. The largest absolute Gasteiger partial charge is 0.460 e. The monoisotopic (exact) mass is 545 g/mol. The van der Waals surface area contributed by atoms with Gasteiger partial charge in [-0.05, 0) is 0 Å². The summed E-state index contributed by atoms with van der Waals surface area (Å²) in [6, 6.07) is -7.49. The zero-order valence-corrected chi connectivity index (χ0v) is 15.0. The minimum absolute atomic E-state index is 0.0377. The van der Waals surface area contributed by atoms with E-state index in [1.807, 2.05) is 0 Å². The van der Waals surface area contributed by atoms with Crippen LogP contribution in [0.3, 0.4) is 0 Å². The van der Waals surface area contributed by atoms with Crippen LogP contribution in [0, 0.1) is 0 Å². The lowest BCUT2D eigenvalue weighted by Gasteiger charge is -2.43. The summed E-state index contributed by atoms with van der Waals surface area (Å²) in [6.45, 7) is -2.36. The first-order valence-electron chi connectivity index (χ1n) is 6.88. The van der Waals surface area contributed by atoms with Crippen LogP contribution in [0.25, 0.3) is 0 Å². The topological polar surface area (TPSA) is 37.4 Å². The van der Waals surface area contributed by atoms with Gasteiger partial charge in [-0.15, -0.1) is 4.31 Å². The lowest BCUT2D eigenvalue weighted by molar-refractivity contribution is -0.465. The van der Waals surface area contributed by atoms with E-state index in [9.17, 15) is 86.9 Å². The molecular formula is C10H5F18NO2S. The first-order valence-corrected chi connectivity index (χ1v) is 8.22. The van der Waals surface area contributed by atoms with Crippen LogP contribution in [0.1, 0.15) is 6.92 Å². The van der Waals surface area contributed by atoms with Gasteiger partial charge in [0, 0.05) is 6.54 Å². The summed E-state index contributed by atoms with van der Waals surface area (Å²) in [5, 5.41) is 0. The van der Waals surface area contributed by atoms with Gasteiger partial charge in [-0.3, -0.25) is 0 Å². The summed E-state index contributed by atoms with van der Waals surface area (Å²) in [4.78, 5) is 0. The van der Waals surface area contributed by atoms with Gasteiger partial charge in [0.15, 0.2) is 0 Å². The average Bonchev–Trinajstić information content (AvgIpc) is 2.51. The lowest BCUT2D eigenvalue weighted by atomic mass is 9.90. The Kier molecular flexibility index (Phi) is 7.26. The van der Waals surface area contributed by atoms with E-state index in [0.29, 0.717) is 0 Å². The van der Waals surface area contributed by atoms with E-state index in [4.69, 9.17) is 0 Å². The van der Waals surface area contributed by atoms with Crippen molar-refractivity contribution < 1.29 is 86.9 Å². The van der Waals surface area contributed by atoms with Crippen molar-refractivity contribution >= 4 is 10.4 Å². The van der Waals surface area contributed by atoms with Gasteiger partial charge in [-0.25, -0.2) is 0 Å². The molecule has 0 aliphatic carbocycles. The highest BCUT2D eigenvalue weighted by atomic mass is 32.3. The summed E-state index contributed by atoms with van der Waals surface area (Å²) < 4.78 is 251. The molecule has 0 N–H and O–H groups in total. The fourth-order valence-electron chi connectivity index (χ4n) is 1.80. The minimum Gasteiger partial charge on any atom is -0.192 e. The Labute approximate surface area is 164 Å². The van der Waals surface area contributed by atoms with Gasteiger partial charge in [-0.1, -0.05) is 10.8 Å². The Hall–Kier alpha value is -1.35. The van der Waals surface area contributed by atoms with E-state index in [2.05, 4.69) is 0 Å². The van der Waals surface area contributed by atoms with E-state index in [-0.39, 0.29) is 6.92 Å². The molecule has 22 heteroatoms. The molecule has 0 aromatic rings. The lowest BCUT2D eigenvalue weighted by Crippen LogP contribution is -2.75. The fourth-order valence-corrected chi connectivity index (χ4v) is 2.50. The van der Waals surface area contributed by atoms with E-state index in [1.54, 1.807) is 0 Å². The van der Waals surface area contributed by atoms with Crippen molar-refractivity contribution in [3.8, 4) is 0 Å². The van der Waals surface area contributed by atoms with Crippen LogP contribution >= 0.6 is 0 Å². The van der Waals surface area contributed by atoms with Crippen molar-refractivity contribution in [1.82, 2.24) is 4.31 Å². The van der Waals surface area contributed by atoms with Gasteiger partial charge in [0.2, 0.25) is 0 Å². The highest BCUT2D eigenvalue weighted by Gasteiger charge is 2.95. The van der Waals surface area contributed by atoms with E-state index >= 15 is 0 Å². The number of alkyl halides is 17. The Bertz CT molecular complexity index is 799. The van der Waals surface area contributed by atoms with Gasteiger partial charge >= 0.3 is 58.2 Å². The molecular weight excluding hydrogens is 540 g/mol. The highest BCUT2D eigenvalue weighted by Crippen LogP contribution is 2.64. The zero-order valence-electron chi connectivity index (χ0n) is 14.2. The van der Waals surface area contributed by atoms with Crippen molar-refractivity contribution in [2.24, 2.45) is 0 Å². The molecule has 0 aromatic heterocycles. The van der Waals surface area contributed by atoms with Crippen molar-refractivity contribution in [1.29, 1.82) is 0 Å². The molecule has 0 spiro atoms. The standard InChI is InChI=1S/C10H5F18NO2S/c1-2-29(32(28,30)31)10(26,27)8(21,22)6(17,18)4(13,14)3(11,12)5(15,16)7(19,20)9(23,24)25/h2H2,1H3. The normalized spacial score (nSPS) is 16.6. The molecule has 0 radical (unpaired) electrons. The maximum absolute atomic E-state index is 13.5. The molecule has 0 saturated carbocycles. The van der Waals surface area contributed by atoms with Gasteiger partial charge in [0.25, 0.3) is 0 Å². The zero-order chi connectivity index (χ0) is 26.8. The third kappa shape index (κ3) is 3.83. The summed E-state index contributed by atoms with van der Waals surface area (Å²) in [6.07, 6.45) is -7.89. The average molecular weight is 545 g/mol. The number of hydrogen-bond donors (Lipinski definition) is 0. The quantitative estimate of drug-likeness (QED) is 0.219. The molecule has 0 amide bonds. The van der Waals surface area contributed by atoms with Gasteiger partial charge in [-0.2, -0.15) is 83.1 Å². The second kappa shape index (κ2) is 7.58. The maximum Gasteiger partial charge on any atom is 0.460 e. The summed E-state index contributed by atoms with van der Waals surface area (Å²) in [5.74, 6) is -51.7. The second-order valence-electron chi connectivity index (χ2n) is 5.59. The van der Waals surface area contributed by atoms with Crippen molar-refractivity contribution in [2.75, 3.05) is 6.54 Å². The van der Waals surface area contributed by atoms with Crippen LogP contribution in [0.2, 0.25) is 0 Å². The molecule has 0 rings (SSSR count). The predicted octanol–water partition coefficient (Wildman–Crippen LogP) is 5.49. The first-order chi connectivity index (χ1) is 13.4. The third-order valence-corrected chi connectivity index (χ3v) is 4.58. The van der Waals surface area contributed by atoms with E-state index in [1.165, 1.54) is 0 Å². The van der Waals surface area contributed by atoms with Gasteiger partial charge in [0.05, 0.1) is 0 Å². The molecule has 32 heavy (non-hydrogen) atoms. The van der Waals surface area contributed by atoms with Crippen LogP contribution in [-0.4, -0.2) is 67.0 Å². The molecule has 0 heterocycles. The predicted molar refractivity (Wildman–Crippen MR) is 63.1 cm³/mol. The van der Waals surface area contributed by atoms with Crippen LogP contribution in [0.15, 0.2) is 0 Å². The van der Waals surface area contributed by atoms with Crippen molar-refractivity contribution in [2.45, 2.75) is 54.7 Å². The molecule has 0 bridgehead atoms. The molecule has 0 aliphatic rings. The molecule has 0 aromatic carbocycles. The van der Waals surface area contributed by atoms with Crippen molar-refractivity contribution in [3.63, 3.8) is 0 Å². The Morgan fingerprint density at radius 2 is 0.781 bits per heavy atom. The fraction of sp³-hybridized carbons (Fsp3) is 1.00. The first kappa shape index (κ1) is 30.6. The molecule has 0 fully saturated rings. The number of rotatable bonds is 9. The summed E-state index contributed by atoms with van der Waals surface area (Å²) in [5.41, 5.74) is 0. The summed E-state index contributed by atoms with van der Waals surface area (Å²) >= 11 is 0. The van der Waals surface area contributed by atoms with E-state index in [0.717, 1.165) is 0 Å². The smallest absolute Gasteiger partial charge is 0.192 e. The van der Waals surface area contributed by atoms with Gasteiger partial charge < -0.3 is 0 Å². The van der Waals surface area contributed by atoms with E-state index < -0.39 is 69.0 Å². The van der Waals surface area contributed by atoms with Crippen LogP contribution < -0.4 is 0 Å². The molecule has 0 unspecified atom stereocenters. The number of nitrogens with zero attached hydrogens (tertiary/aromatic N) is 1. The molecule has 0 atom stereocenters. The Morgan fingerprint density at radius 1 is 0.531 bits per heavy atom. The van der Waals surface area contributed by atoms with Crippen LogP contribution in [0.4, 0.5) is 78.5 Å². The minimum atomic E-state index is -8.87. The van der Waals surface area contributed by atoms with Crippen LogP contribution in [0.5, 0.6) is 0 Å². The Morgan fingerprint density at radius 3 is 1.00 bits per heavy atom. The third-order valence-electron chi connectivity index (χ3n) is 3.57. The van der Waals surface area contributed by atoms with Crippen LogP contribution in [-0.2, 0) is 10.4 Å². The molecule has 0 aliphatic heterocycles. The highest BCUT2D eigenvalue weighted by molar-refractivity contribution is 7.84. The molecule has 0 saturated heterocycles. The number of hydrogen-bond acceptors (Lipinski definition) is 2. The van der Waals surface area contributed by atoms with Gasteiger partial charge in [0.1, 0.15) is 0 Å². The SMILES string of the molecule is CCN(C(F)(F)C(F)(F)C(F)(F)C(F)(F)C(F)(F)C(F)(F)C(F)(F)C(F)(F)F)S(=O)(=O)F. The Balaban J connectivity index is 6.98. The number of halogens is 18.